The lowest BCUT2D eigenvalue weighted by atomic mass is 9.84. The molecule has 2 aromatic carbocycles. The highest BCUT2D eigenvalue weighted by Gasteiger charge is 2.22. The van der Waals surface area contributed by atoms with E-state index in [4.69, 9.17) is 0 Å². The number of benzene rings is 2. The van der Waals surface area contributed by atoms with Crippen LogP contribution in [-0.4, -0.2) is 5.78 Å². The molecule has 0 spiro atoms. The van der Waals surface area contributed by atoms with Gasteiger partial charge in [0.15, 0.2) is 5.78 Å². The summed E-state index contributed by atoms with van der Waals surface area (Å²) >= 11 is 0. The summed E-state index contributed by atoms with van der Waals surface area (Å²) in [6.45, 7) is 8.55. The Morgan fingerprint density at radius 2 is 1.78 bits per heavy atom. The third-order valence-electron chi connectivity index (χ3n) is 6.09. The highest BCUT2D eigenvalue weighted by molar-refractivity contribution is 5.97. The Bertz CT molecular complexity index is 839. The third-order valence-corrected chi connectivity index (χ3v) is 6.09. The summed E-state index contributed by atoms with van der Waals surface area (Å²) in [5.74, 6) is 0.799. The topological polar surface area (TPSA) is 17.1 Å². The van der Waals surface area contributed by atoms with Crippen molar-refractivity contribution in [1.82, 2.24) is 0 Å². The van der Waals surface area contributed by atoms with Crippen LogP contribution in [0.5, 0.6) is 0 Å². The third kappa shape index (κ3) is 4.40. The molecule has 0 radical (unpaired) electrons. The first-order valence-electron chi connectivity index (χ1n) is 10.4. The van der Waals surface area contributed by atoms with E-state index in [1.165, 1.54) is 47.1 Å². The molecule has 1 unspecified atom stereocenters. The van der Waals surface area contributed by atoms with Gasteiger partial charge in [0.25, 0.3) is 0 Å². The van der Waals surface area contributed by atoms with Gasteiger partial charge in [-0.3, -0.25) is 4.79 Å². The molecule has 1 heteroatoms. The summed E-state index contributed by atoms with van der Waals surface area (Å²) in [6.07, 6.45) is 6.41. The molecule has 1 aliphatic carbocycles. The van der Waals surface area contributed by atoms with E-state index in [1.807, 2.05) is 13.0 Å². The highest BCUT2D eigenvalue weighted by Crippen LogP contribution is 2.41. The average molecular weight is 361 g/mol. The van der Waals surface area contributed by atoms with Crippen molar-refractivity contribution in [2.24, 2.45) is 0 Å². The Morgan fingerprint density at radius 1 is 1.04 bits per heavy atom. The van der Waals surface area contributed by atoms with E-state index >= 15 is 0 Å². The number of ketones is 1. The fraction of sp³-hybridized carbons (Fsp3) is 0.423. The maximum atomic E-state index is 12.3. The van der Waals surface area contributed by atoms with E-state index in [2.05, 4.69) is 57.2 Å². The number of Topliss-reactive ketones (excluding diaryl/α,β-unsaturated/α-hetero) is 1. The highest BCUT2D eigenvalue weighted by atomic mass is 16.1. The van der Waals surface area contributed by atoms with Crippen molar-refractivity contribution in [3.63, 3.8) is 0 Å². The number of carbonyl (C=O) groups is 1. The van der Waals surface area contributed by atoms with Crippen molar-refractivity contribution < 1.29 is 4.79 Å². The second-order valence-electron chi connectivity index (χ2n) is 7.95. The molecule has 1 atom stereocenters. The quantitative estimate of drug-likeness (QED) is 0.507. The van der Waals surface area contributed by atoms with Crippen LogP contribution in [0.1, 0.15) is 90.9 Å². The molecule has 142 valence electrons. The minimum atomic E-state index is 0.235. The van der Waals surface area contributed by atoms with Crippen molar-refractivity contribution in [1.29, 1.82) is 0 Å². The van der Waals surface area contributed by atoms with Crippen LogP contribution in [-0.2, 0) is 0 Å². The number of aryl methyl sites for hydroxylation is 2. The maximum Gasteiger partial charge on any atom is 0.162 e. The zero-order valence-corrected chi connectivity index (χ0v) is 17.3. The van der Waals surface area contributed by atoms with Crippen LogP contribution in [0.2, 0.25) is 0 Å². The summed E-state index contributed by atoms with van der Waals surface area (Å²) in [5.41, 5.74) is 9.28. The van der Waals surface area contributed by atoms with Crippen LogP contribution in [0.3, 0.4) is 0 Å². The van der Waals surface area contributed by atoms with Gasteiger partial charge in [0.2, 0.25) is 0 Å². The van der Waals surface area contributed by atoms with Gasteiger partial charge in [-0.15, -0.1) is 0 Å². The Kier molecular flexibility index (Phi) is 6.31. The molecule has 0 aromatic heterocycles. The van der Waals surface area contributed by atoms with Crippen LogP contribution in [0.25, 0.3) is 5.57 Å². The molecule has 1 aliphatic rings. The van der Waals surface area contributed by atoms with Gasteiger partial charge in [0, 0.05) is 12.0 Å². The lowest BCUT2D eigenvalue weighted by molar-refractivity contribution is 0.0988. The Hall–Kier alpha value is -2.15. The van der Waals surface area contributed by atoms with Crippen molar-refractivity contribution >= 4 is 11.4 Å². The lowest BCUT2D eigenvalue weighted by Gasteiger charge is -2.20. The van der Waals surface area contributed by atoms with E-state index in [1.54, 1.807) is 5.57 Å². The monoisotopic (exact) mass is 360 g/mol. The van der Waals surface area contributed by atoms with Crippen LogP contribution in [0.4, 0.5) is 0 Å². The zero-order valence-electron chi connectivity index (χ0n) is 17.3. The number of hydrogen-bond acceptors (Lipinski definition) is 1. The largest absolute Gasteiger partial charge is 0.294 e. The molecule has 0 saturated carbocycles. The van der Waals surface area contributed by atoms with Crippen molar-refractivity contribution in [3.05, 3.63) is 75.9 Å². The van der Waals surface area contributed by atoms with E-state index < -0.39 is 0 Å². The van der Waals surface area contributed by atoms with E-state index in [-0.39, 0.29) is 5.78 Å². The second-order valence-corrected chi connectivity index (χ2v) is 7.95. The summed E-state index contributed by atoms with van der Waals surface area (Å²) in [6, 6.07) is 15.3. The Balaban J connectivity index is 2.03. The van der Waals surface area contributed by atoms with Gasteiger partial charge >= 0.3 is 0 Å². The normalized spacial score (nSPS) is 17.7. The van der Waals surface area contributed by atoms with Crippen LogP contribution < -0.4 is 0 Å². The summed E-state index contributed by atoms with van der Waals surface area (Å²) < 4.78 is 0. The maximum absolute atomic E-state index is 12.3. The molecule has 0 fully saturated rings. The molecule has 0 heterocycles. The predicted molar refractivity (Wildman–Crippen MR) is 115 cm³/mol. The van der Waals surface area contributed by atoms with Gasteiger partial charge in [-0.25, -0.2) is 0 Å². The van der Waals surface area contributed by atoms with Gasteiger partial charge in [-0.05, 0) is 80.2 Å². The summed E-state index contributed by atoms with van der Waals surface area (Å²) in [7, 11) is 0. The van der Waals surface area contributed by atoms with E-state index in [0.29, 0.717) is 12.3 Å². The van der Waals surface area contributed by atoms with Crippen molar-refractivity contribution in [3.8, 4) is 0 Å². The molecule has 3 rings (SSSR count). The second kappa shape index (κ2) is 8.69. The SMILES string of the molecule is CCC(=O)c1ccc(C)c(C2=C(CC)CCCC(c3ccc(C)cc3)C2)c1. The average Bonchev–Trinajstić information content (AvgIpc) is 2.90. The molecule has 27 heavy (non-hydrogen) atoms. The van der Waals surface area contributed by atoms with Gasteiger partial charge in [0.1, 0.15) is 0 Å². The Morgan fingerprint density at radius 3 is 2.44 bits per heavy atom. The molecule has 0 N–H and O–H groups in total. The molecule has 0 amide bonds. The minimum absolute atomic E-state index is 0.235. The minimum Gasteiger partial charge on any atom is -0.294 e. The number of rotatable bonds is 5. The van der Waals surface area contributed by atoms with Gasteiger partial charge in [0.05, 0.1) is 0 Å². The van der Waals surface area contributed by atoms with Crippen LogP contribution in [0, 0.1) is 13.8 Å². The number of hydrogen-bond donors (Lipinski definition) is 0. The molecule has 0 saturated heterocycles. The standard InChI is InChI=1S/C26H32O/c1-5-20-8-7-9-22(21-13-10-18(3)11-14-21)16-25(20)24-17-23(26(27)6-2)15-12-19(24)4/h10-15,17,22H,5-9,16H2,1-4H3. The van der Waals surface area contributed by atoms with Gasteiger partial charge in [-0.2, -0.15) is 0 Å². The molecule has 0 aliphatic heterocycles. The fourth-order valence-corrected chi connectivity index (χ4v) is 4.34. The number of carbonyl (C=O) groups excluding carboxylic acids is 1. The summed E-state index contributed by atoms with van der Waals surface area (Å²) in [4.78, 5) is 12.3. The fourth-order valence-electron chi connectivity index (χ4n) is 4.34. The zero-order chi connectivity index (χ0) is 19.4. The van der Waals surface area contributed by atoms with Crippen molar-refractivity contribution in [2.45, 2.75) is 72.1 Å². The molecular weight excluding hydrogens is 328 g/mol. The van der Waals surface area contributed by atoms with Crippen LogP contribution >= 0.6 is 0 Å². The predicted octanol–water partition coefficient (Wildman–Crippen LogP) is 7.42. The Labute approximate surface area is 164 Å². The van der Waals surface area contributed by atoms with Crippen molar-refractivity contribution in [2.75, 3.05) is 0 Å². The number of allylic oxidation sites excluding steroid dienone is 2. The smallest absolute Gasteiger partial charge is 0.162 e. The molecule has 0 bridgehead atoms. The first kappa shape index (κ1) is 19.6. The molecular formula is C26H32O. The van der Waals surface area contributed by atoms with Gasteiger partial charge < -0.3 is 0 Å². The first-order valence-corrected chi connectivity index (χ1v) is 10.4. The summed E-state index contributed by atoms with van der Waals surface area (Å²) in [5, 5.41) is 0. The van der Waals surface area contributed by atoms with Gasteiger partial charge in [-0.1, -0.05) is 61.4 Å². The molecule has 2 aromatic rings. The van der Waals surface area contributed by atoms with E-state index in [0.717, 1.165) is 18.4 Å². The van der Waals surface area contributed by atoms with E-state index in [9.17, 15) is 4.79 Å². The first-order chi connectivity index (χ1) is 13.0. The molecule has 1 nitrogen and oxygen atoms in total. The lowest BCUT2D eigenvalue weighted by Crippen LogP contribution is -2.03. The van der Waals surface area contributed by atoms with Crippen LogP contribution in [0.15, 0.2) is 48.0 Å².